The zero-order valence-corrected chi connectivity index (χ0v) is 24.7. The fourth-order valence-corrected chi connectivity index (χ4v) is 5.68. The van der Waals surface area contributed by atoms with Gasteiger partial charge in [0, 0.05) is 30.2 Å². The standard InChI is InChI=1S/C32H34ClN3O5S/c1-41-28-14-6-11-25(17-28)20-34-22-31(37)30(18-23-8-3-2-4-9-23)36-32(38)26-12-7-15-29(19-26)42(39,40)35-21-24-10-5-13-27(33)16-24/h2-17,19,30-31,34-35,37H,18,20-22H2,1H3,(H,36,38)/t30-,31+/m0/s1. The third-order valence-electron chi connectivity index (χ3n) is 6.66. The van der Waals surface area contributed by atoms with Crippen molar-refractivity contribution >= 4 is 27.5 Å². The molecule has 0 spiro atoms. The molecule has 4 rings (SSSR count). The number of halogens is 1. The number of carbonyl (C=O) groups is 1. The summed E-state index contributed by atoms with van der Waals surface area (Å²) in [6, 6.07) is 29.2. The maximum atomic E-state index is 13.3. The highest BCUT2D eigenvalue weighted by Gasteiger charge is 2.23. The zero-order chi connectivity index (χ0) is 30.0. The summed E-state index contributed by atoms with van der Waals surface area (Å²) < 4.78 is 33.8. The van der Waals surface area contributed by atoms with E-state index >= 15 is 0 Å². The van der Waals surface area contributed by atoms with Gasteiger partial charge in [-0.2, -0.15) is 0 Å². The van der Waals surface area contributed by atoms with Gasteiger partial charge in [-0.15, -0.1) is 0 Å². The Morgan fingerprint density at radius 2 is 1.55 bits per heavy atom. The maximum Gasteiger partial charge on any atom is 0.251 e. The summed E-state index contributed by atoms with van der Waals surface area (Å²) in [5, 5.41) is 17.8. The predicted molar refractivity (Wildman–Crippen MR) is 164 cm³/mol. The van der Waals surface area contributed by atoms with Crippen LogP contribution in [0.25, 0.3) is 0 Å². The van der Waals surface area contributed by atoms with Gasteiger partial charge in [0.05, 0.1) is 24.2 Å². The molecule has 0 heterocycles. The summed E-state index contributed by atoms with van der Waals surface area (Å²) in [6.45, 7) is 0.770. The van der Waals surface area contributed by atoms with E-state index in [1.54, 1.807) is 31.4 Å². The van der Waals surface area contributed by atoms with Gasteiger partial charge >= 0.3 is 0 Å². The molecule has 4 aromatic rings. The highest BCUT2D eigenvalue weighted by Crippen LogP contribution is 2.16. The first-order valence-electron chi connectivity index (χ1n) is 13.4. The predicted octanol–water partition coefficient (Wildman–Crippen LogP) is 4.32. The Hall–Kier alpha value is -3.73. The van der Waals surface area contributed by atoms with E-state index in [0.29, 0.717) is 23.6 Å². The molecule has 220 valence electrons. The van der Waals surface area contributed by atoms with Crippen LogP contribution in [0.1, 0.15) is 27.0 Å². The molecule has 4 aromatic carbocycles. The van der Waals surface area contributed by atoms with Crippen molar-refractivity contribution in [3.63, 3.8) is 0 Å². The van der Waals surface area contributed by atoms with E-state index in [1.165, 1.54) is 24.3 Å². The topological polar surface area (TPSA) is 117 Å². The monoisotopic (exact) mass is 607 g/mol. The largest absolute Gasteiger partial charge is 0.497 e. The lowest BCUT2D eigenvalue weighted by molar-refractivity contribution is 0.0829. The molecule has 42 heavy (non-hydrogen) atoms. The number of benzene rings is 4. The molecule has 0 saturated heterocycles. The number of rotatable bonds is 14. The zero-order valence-electron chi connectivity index (χ0n) is 23.2. The van der Waals surface area contributed by atoms with E-state index in [9.17, 15) is 18.3 Å². The number of sulfonamides is 1. The molecule has 0 radical (unpaired) electrons. The van der Waals surface area contributed by atoms with E-state index < -0.39 is 28.1 Å². The number of nitrogens with one attached hydrogen (secondary N) is 3. The van der Waals surface area contributed by atoms with Gasteiger partial charge in [0.25, 0.3) is 5.91 Å². The van der Waals surface area contributed by atoms with Crippen LogP contribution in [-0.4, -0.2) is 45.2 Å². The van der Waals surface area contributed by atoms with E-state index in [-0.39, 0.29) is 23.5 Å². The molecular formula is C32H34ClN3O5S. The first kappa shape index (κ1) is 31.2. The molecule has 0 saturated carbocycles. The second-order valence-electron chi connectivity index (χ2n) is 9.80. The molecule has 2 atom stereocenters. The number of carbonyl (C=O) groups excluding carboxylic acids is 1. The van der Waals surface area contributed by atoms with Gasteiger partial charge in [-0.05, 0) is 65.6 Å². The summed E-state index contributed by atoms with van der Waals surface area (Å²) in [5.41, 5.74) is 2.80. The van der Waals surface area contributed by atoms with Crippen LogP contribution in [0.15, 0.2) is 108 Å². The highest BCUT2D eigenvalue weighted by molar-refractivity contribution is 7.89. The Balaban J connectivity index is 1.44. The van der Waals surface area contributed by atoms with Gasteiger partial charge in [0.15, 0.2) is 0 Å². The molecule has 1 amide bonds. The van der Waals surface area contributed by atoms with Crippen molar-refractivity contribution in [2.24, 2.45) is 0 Å². The average molecular weight is 608 g/mol. The van der Waals surface area contributed by atoms with Gasteiger partial charge < -0.3 is 20.5 Å². The minimum absolute atomic E-state index is 0.0442. The molecule has 8 nitrogen and oxygen atoms in total. The van der Waals surface area contributed by atoms with Crippen LogP contribution in [0, 0.1) is 0 Å². The SMILES string of the molecule is COc1cccc(CNC[C@@H](O)[C@H](Cc2ccccc2)NC(=O)c2cccc(S(=O)(=O)NCc3cccc(Cl)c3)c2)c1. The lowest BCUT2D eigenvalue weighted by atomic mass is 10.0. The van der Waals surface area contributed by atoms with E-state index in [4.69, 9.17) is 16.3 Å². The van der Waals surface area contributed by atoms with Crippen molar-refractivity contribution in [1.82, 2.24) is 15.4 Å². The Morgan fingerprint density at radius 1 is 0.857 bits per heavy atom. The molecule has 0 aliphatic carbocycles. The van der Waals surface area contributed by atoms with Gasteiger partial charge in [-0.25, -0.2) is 13.1 Å². The number of methoxy groups -OCH3 is 1. The smallest absolute Gasteiger partial charge is 0.251 e. The molecule has 0 bridgehead atoms. The fraction of sp³-hybridized carbons (Fsp3) is 0.219. The van der Waals surface area contributed by atoms with E-state index in [1.807, 2.05) is 54.6 Å². The van der Waals surface area contributed by atoms with Crippen molar-refractivity contribution < 1.29 is 23.1 Å². The van der Waals surface area contributed by atoms with Crippen LogP contribution >= 0.6 is 11.6 Å². The molecule has 0 aliphatic rings. The molecule has 10 heteroatoms. The summed E-state index contributed by atoms with van der Waals surface area (Å²) in [6.07, 6.45) is -0.542. The van der Waals surface area contributed by atoms with Crippen molar-refractivity contribution in [3.8, 4) is 5.75 Å². The van der Waals surface area contributed by atoms with Crippen molar-refractivity contribution in [2.75, 3.05) is 13.7 Å². The second kappa shape index (κ2) is 14.9. The minimum Gasteiger partial charge on any atom is -0.497 e. The number of ether oxygens (including phenoxy) is 1. The molecule has 0 fully saturated rings. The normalized spacial score (nSPS) is 12.8. The quantitative estimate of drug-likeness (QED) is 0.170. The fourth-order valence-electron chi connectivity index (χ4n) is 4.41. The Bertz CT molecular complexity index is 1580. The van der Waals surface area contributed by atoms with Gasteiger partial charge in [-0.1, -0.05) is 72.3 Å². The second-order valence-corrected chi connectivity index (χ2v) is 12.0. The molecule has 4 N–H and O–H groups in total. The average Bonchev–Trinajstić information content (AvgIpc) is 3.00. The first-order valence-corrected chi connectivity index (χ1v) is 15.3. The number of amides is 1. The third kappa shape index (κ3) is 9.14. The Labute approximate surface area is 251 Å². The molecule has 0 unspecified atom stereocenters. The van der Waals surface area contributed by atoms with Crippen LogP contribution in [0.5, 0.6) is 5.75 Å². The summed E-state index contributed by atoms with van der Waals surface area (Å²) in [4.78, 5) is 13.3. The lowest BCUT2D eigenvalue weighted by Gasteiger charge is -2.25. The van der Waals surface area contributed by atoms with Crippen molar-refractivity contribution in [1.29, 1.82) is 0 Å². The number of aliphatic hydroxyl groups is 1. The molecule has 0 aliphatic heterocycles. The maximum absolute atomic E-state index is 13.3. The van der Waals surface area contributed by atoms with Crippen LogP contribution in [-0.2, 0) is 29.5 Å². The third-order valence-corrected chi connectivity index (χ3v) is 8.29. The van der Waals surface area contributed by atoms with Crippen LogP contribution in [0.3, 0.4) is 0 Å². The number of hydrogen-bond acceptors (Lipinski definition) is 6. The van der Waals surface area contributed by atoms with Gasteiger partial charge in [-0.3, -0.25) is 4.79 Å². The minimum atomic E-state index is -3.91. The van der Waals surface area contributed by atoms with E-state index in [0.717, 1.165) is 16.9 Å². The summed E-state index contributed by atoms with van der Waals surface area (Å²) >= 11 is 6.00. The van der Waals surface area contributed by atoms with Crippen LogP contribution < -0.4 is 20.1 Å². The summed E-state index contributed by atoms with van der Waals surface area (Å²) in [5.74, 6) is 0.252. The Morgan fingerprint density at radius 3 is 2.29 bits per heavy atom. The molecule has 0 aromatic heterocycles. The van der Waals surface area contributed by atoms with E-state index in [2.05, 4.69) is 15.4 Å². The van der Waals surface area contributed by atoms with Gasteiger partial charge in [0.1, 0.15) is 5.75 Å². The van der Waals surface area contributed by atoms with Crippen LogP contribution in [0.4, 0.5) is 0 Å². The first-order chi connectivity index (χ1) is 20.2. The van der Waals surface area contributed by atoms with Crippen molar-refractivity contribution in [2.45, 2.75) is 36.6 Å². The van der Waals surface area contributed by atoms with Crippen LogP contribution in [0.2, 0.25) is 5.02 Å². The number of aliphatic hydroxyl groups excluding tert-OH is 1. The number of hydrogen-bond donors (Lipinski definition) is 4. The summed E-state index contributed by atoms with van der Waals surface area (Å²) in [7, 11) is -2.30. The molecular weight excluding hydrogens is 574 g/mol. The van der Waals surface area contributed by atoms with Crippen molar-refractivity contribution in [3.05, 3.63) is 130 Å². The lowest BCUT2D eigenvalue weighted by Crippen LogP contribution is -2.48. The van der Waals surface area contributed by atoms with Gasteiger partial charge in [0.2, 0.25) is 10.0 Å². The highest BCUT2D eigenvalue weighted by atomic mass is 35.5. The Kier molecular flexibility index (Phi) is 11.1.